The fraction of sp³-hybridized carbons (Fsp3) is 0.0870. The Morgan fingerprint density at radius 1 is 1.10 bits per heavy atom. The normalized spacial score (nSPS) is 13.2. The average molecular weight is 440 g/mol. The van der Waals surface area contributed by atoms with E-state index in [1.807, 2.05) is 49.7 Å². The molecule has 0 spiro atoms. The van der Waals surface area contributed by atoms with Crippen molar-refractivity contribution in [3.05, 3.63) is 94.6 Å². The van der Waals surface area contributed by atoms with E-state index in [4.69, 9.17) is 27.9 Å². The van der Waals surface area contributed by atoms with Crippen LogP contribution in [0.3, 0.4) is 0 Å². The molecule has 0 atom stereocenters. The fourth-order valence-corrected chi connectivity index (χ4v) is 3.28. The first-order valence-corrected chi connectivity index (χ1v) is 10.1. The van der Waals surface area contributed by atoms with Gasteiger partial charge in [0.15, 0.2) is 0 Å². The number of rotatable bonds is 5. The summed E-state index contributed by atoms with van der Waals surface area (Å²) >= 11 is 11.9. The van der Waals surface area contributed by atoms with Crippen molar-refractivity contribution in [2.75, 3.05) is 18.9 Å². The van der Waals surface area contributed by atoms with Crippen molar-refractivity contribution >= 4 is 34.8 Å². The SMILES string of the molecule is CN1C=CC(Oc2cccc(-c3c[nH]c(C(=O)Nc4ccc(Cl)c(Cl)c4)c3)c2)=CC1. The zero-order valence-electron chi connectivity index (χ0n) is 16.2. The minimum atomic E-state index is -0.270. The molecule has 1 aliphatic rings. The second-order valence-electron chi connectivity index (χ2n) is 6.88. The van der Waals surface area contributed by atoms with Crippen molar-refractivity contribution in [1.29, 1.82) is 0 Å². The smallest absolute Gasteiger partial charge is 0.272 e. The number of halogens is 2. The quantitative estimate of drug-likeness (QED) is 0.515. The summed E-state index contributed by atoms with van der Waals surface area (Å²) in [5.41, 5.74) is 2.83. The summed E-state index contributed by atoms with van der Waals surface area (Å²) in [6.45, 7) is 0.806. The van der Waals surface area contributed by atoms with Gasteiger partial charge in [0, 0.05) is 37.2 Å². The number of allylic oxidation sites excluding steroid dienone is 1. The van der Waals surface area contributed by atoms with Gasteiger partial charge in [-0.05, 0) is 54.1 Å². The van der Waals surface area contributed by atoms with Gasteiger partial charge in [-0.3, -0.25) is 4.79 Å². The van der Waals surface area contributed by atoms with Gasteiger partial charge in [0.25, 0.3) is 5.91 Å². The van der Waals surface area contributed by atoms with E-state index in [1.165, 1.54) is 0 Å². The molecule has 2 aromatic carbocycles. The number of amides is 1. The number of H-pyrrole nitrogens is 1. The van der Waals surface area contributed by atoms with Gasteiger partial charge in [0.2, 0.25) is 0 Å². The summed E-state index contributed by atoms with van der Waals surface area (Å²) < 4.78 is 5.95. The van der Waals surface area contributed by atoms with Gasteiger partial charge in [-0.2, -0.15) is 0 Å². The van der Waals surface area contributed by atoms with Crippen LogP contribution in [-0.2, 0) is 0 Å². The van der Waals surface area contributed by atoms with E-state index in [2.05, 4.69) is 15.2 Å². The lowest BCUT2D eigenvalue weighted by Gasteiger charge is -2.17. The molecule has 7 heteroatoms. The van der Waals surface area contributed by atoms with Gasteiger partial charge >= 0.3 is 0 Å². The maximum atomic E-state index is 12.5. The highest BCUT2D eigenvalue weighted by atomic mass is 35.5. The molecule has 152 valence electrons. The van der Waals surface area contributed by atoms with E-state index in [0.29, 0.717) is 21.4 Å². The van der Waals surface area contributed by atoms with Crippen LogP contribution in [-0.4, -0.2) is 29.4 Å². The van der Waals surface area contributed by atoms with Gasteiger partial charge in [-0.25, -0.2) is 0 Å². The second kappa shape index (κ2) is 8.69. The van der Waals surface area contributed by atoms with Crippen LogP contribution in [0.2, 0.25) is 10.0 Å². The minimum Gasteiger partial charge on any atom is -0.458 e. The molecule has 0 bridgehead atoms. The van der Waals surface area contributed by atoms with E-state index in [-0.39, 0.29) is 5.91 Å². The number of carbonyl (C=O) groups excluding carboxylic acids is 1. The molecule has 2 heterocycles. The largest absolute Gasteiger partial charge is 0.458 e. The number of benzene rings is 2. The number of hydrogen-bond donors (Lipinski definition) is 2. The first-order valence-electron chi connectivity index (χ1n) is 9.30. The zero-order chi connectivity index (χ0) is 21.1. The molecule has 30 heavy (non-hydrogen) atoms. The highest BCUT2D eigenvalue weighted by molar-refractivity contribution is 6.42. The molecule has 1 amide bonds. The van der Waals surface area contributed by atoms with Crippen LogP contribution in [0.5, 0.6) is 5.75 Å². The first-order chi connectivity index (χ1) is 14.5. The van der Waals surface area contributed by atoms with Crippen molar-refractivity contribution in [2.24, 2.45) is 0 Å². The molecule has 1 aliphatic heterocycles. The predicted molar refractivity (Wildman–Crippen MR) is 121 cm³/mol. The Balaban J connectivity index is 1.47. The Bertz CT molecular complexity index is 1150. The maximum absolute atomic E-state index is 12.5. The molecule has 5 nitrogen and oxygen atoms in total. The molecular weight excluding hydrogens is 421 g/mol. The number of carbonyl (C=O) groups is 1. The van der Waals surface area contributed by atoms with Crippen LogP contribution >= 0.6 is 23.2 Å². The highest BCUT2D eigenvalue weighted by Gasteiger charge is 2.12. The van der Waals surface area contributed by atoms with Gasteiger partial charge in [0.1, 0.15) is 17.2 Å². The summed E-state index contributed by atoms with van der Waals surface area (Å²) in [4.78, 5) is 17.6. The summed E-state index contributed by atoms with van der Waals surface area (Å²) in [7, 11) is 2.01. The predicted octanol–water partition coefficient (Wildman–Crippen LogP) is 5.96. The molecule has 0 unspecified atom stereocenters. The molecule has 0 saturated carbocycles. The molecule has 0 aliphatic carbocycles. The molecule has 0 fully saturated rings. The lowest BCUT2D eigenvalue weighted by Crippen LogP contribution is -2.15. The van der Waals surface area contributed by atoms with Gasteiger partial charge in [-0.15, -0.1) is 0 Å². The number of nitrogens with zero attached hydrogens (tertiary/aromatic N) is 1. The number of aromatic amines is 1. The van der Waals surface area contributed by atoms with Gasteiger partial charge in [-0.1, -0.05) is 35.3 Å². The van der Waals surface area contributed by atoms with E-state index < -0.39 is 0 Å². The average Bonchev–Trinajstić information content (AvgIpc) is 3.23. The third-order valence-corrected chi connectivity index (χ3v) is 5.32. The third kappa shape index (κ3) is 4.70. The molecule has 2 N–H and O–H groups in total. The number of hydrogen-bond acceptors (Lipinski definition) is 3. The number of anilines is 1. The van der Waals surface area contributed by atoms with E-state index >= 15 is 0 Å². The van der Waals surface area contributed by atoms with Crippen LogP contribution in [0.1, 0.15) is 10.5 Å². The van der Waals surface area contributed by atoms with Crippen LogP contribution in [0.15, 0.2) is 78.8 Å². The summed E-state index contributed by atoms with van der Waals surface area (Å²) in [6.07, 6.45) is 7.72. The molecule has 0 radical (unpaired) electrons. The Hall–Kier alpha value is -3.15. The maximum Gasteiger partial charge on any atom is 0.272 e. The lowest BCUT2D eigenvalue weighted by molar-refractivity contribution is 0.102. The van der Waals surface area contributed by atoms with Crippen LogP contribution in [0.25, 0.3) is 11.1 Å². The molecule has 0 saturated heterocycles. The fourth-order valence-electron chi connectivity index (χ4n) is 2.98. The Morgan fingerprint density at radius 3 is 2.73 bits per heavy atom. The Labute approximate surface area is 184 Å². The third-order valence-electron chi connectivity index (χ3n) is 4.58. The monoisotopic (exact) mass is 439 g/mol. The van der Waals surface area contributed by atoms with E-state index in [0.717, 1.165) is 29.2 Å². The first kappa shape index (κ1) is 20.1. The number of nitrogens with one attached hydrogen (secondary N) is 2. The van der Waals surface area contributed by atoms with Gasteiger partial charge < -0.3 is 19.9 Å². The van der Waals surface area contributed by atoms with Crippen LogP contribution in [0.4, 0.5) is 5.69 Å². The lowest BCUT2D eigenvalue weighted by atomic mass is 10.1. The van der Waals surface area contributed by atoms with Crippen molar-refractivity contribution < 1.29 is 9.53 Å². The Morgan fingerprint density at radius 2 is 1.97 bits per heavy atom. The standard InChI is InChI=1S/C23H19Cl2N3O2/c1-28-9-7-18(8-10-28)30-19-4-2-3-15(11-19)16-12-22(26-14-16)23(29)27-17-5-6-20(24)21(25)13-17/h2-9,11-14,26H,10H2,1H3,(H,27,29). The van der Waals surface area contributed by atoms with E-state index in [1.54, 1.807) is 30.5 Å². The molecule has 3 aromatic rings. The molecule has 1 aromatic heterocycles. The summed E-state index contributed by atoms with van der Waals surface area (Å²) in [6, 6.07) is 14.5. The van der Waals surface area contributed by atoms with Crippen molar-refractivity contribution in [2.45, 2.75) is 0 Å². The molecule has 4 rings (SSSR count). The highest BCUT2D eigenvalue weighted by Crippen LogP contribution is 2.28. The second-order valence-corrected chi connectivity index (χ2v) is 7.69. The van der Waals surface area contributed by atoms with Crippen molar-refractivity contribution in [1.82, 2.24) is 9.88 Å². The Kier molecular flexibility index (Phi) is 5.84. The van der Waals surface area contributed by atoms with Crippen LogP contribution in [0, 0.1) is 0 Å². The summed E-state index contributed by atoms with van der Waals surface area (Å²) in [5.74, 6) is 1.27. The topological polar surface area (TPSA) is 57.4 Å². The zero-order valence-corrected chi connectivity index (χ0v) is 17.7. The summed E-state index contributed by atoms with van der Waals surface area (Å²) in [5, 5.41) is 3.62. The van der Waals surface area contributed by atoms with Crippen LogP contribution < -0.4 is 10.1 Å². The molecular formula is C23H19Cl2N3O2. The van der Waals surface area contributed by atoms with E-state index in [9.17, 15) is 4.79 Å². The number of ether oxygens (including phenoxy) is 1. The minimum absolute atomic E-state index is 0.270. The van der Waals surface area contributed by atoms with Crippen molar-refractivity contribution in [3.63, 3.8) is 0 Å². The number of likely N-dealkylation sites (N-methyl/N-ethyl adjacent to an activating group) is 1. The van der Waals surface area contributed by atoms with Crippen molar-refractivity contribution in [3.8, 4) is 16.9 Å². The van der Waals surface area contributed by atoms with Gasteiger partial charge in [0.05, 0.1) is 10.0 Å². The number of aromatic nitrogens is 1.